The van der Waals surface area contributed by atoms with E-state index in [1.54, 1.807) is 25.7 Å². The van der Waals surface area contributed by atoms with E-state index < -0.39 is 29.4 Å². The lowest BCUT2D eigenvalue weighted by Crippen LogP contribution is -2.42. The summed E-state index contributed by atoms with van der Waals surface area (Å²) < 4.78 is 45.2. The maximum absolute atomic E-state index is 13.3. The zero-order valence-corrected chi connectivity index (χ0v) is 15.6. The zero-order chi connectivity index (χ0) is 20.4. The second-order valence-corrected chi connectivity index (χ2v) is 7.79. The van der Waals surface area contributed by atoms with Gasteiger partial charge >= 0.3 is 18.2 Å². The van der Waals surface area contributed by atoms with Gasteiger partial charge in [0.1, 0.15) is 5.60 Å². The SMILES string of the molecule is CC(C)(C)OC(=O)N1CCC(Cc2ccc(C(=O)O)cc2C(F)(F)F)CC1. The van der Waals surface area contributed by atoms with Gasteiger partial charge in [-0.25, -0.2) is 9.59 Å². The van der Waals surface area contributed by atoms with Gasteiger partial charge in [-0.1, -0.05) is 6.07 Å². The molecular formula is C19H24F3NO4. The van der Waals surface area contributed by atoms with Crippen LogP contribution in [0.2, 0.25) is 0 Å². The van der Waals surface area contributed by atoms with Gasteiger partial charge in [-0.3, -0.25) is 0 Å². The molecule has 1 amide bonds. The number of carbonyl (C=O) groups is 2. The Morgan fingerprint density at radius 3 is 2.26 bits per heavy atom. The highest BCUT2D eigenvalue weighted by molar-refractivity contribution is 5.88. The molecule has 1 aliphatic heterocycles. The van der Waals surface area contributed by atoms with Gasteiger partial charge in [-0.2, -0.15) is 13.2 Å². The third-order valence-corrected chi connectivity index (χ3v) is 4.44. The van der Waals surface area contributed by atoms with Crippen molar-refractivity contribution in [1.29, 1.82) is 0 Å². The van der Waals surface area contributed by atoms with Crippen molar-refractivity contribution in [3.63, 3.8) is 0 Å². The first-order valence-electron chi connectivity index (χ1n) is 8.78. The van der Waals surface area contributed by atoms with Crippen LogP contribution in [0.5, 0.6) is 0 Å². The van der Waals surface area contributed by atoms with Crippen LogP contribution in [0.25, 0.3) is 0 Å². The second-order valence-electron chi connectivity index (χ2n) is 7.79. The number of piperidine rings is 1. The molecule has 0 atom stereocenters. The van der Waals surface area contributed by atoms with Crippen molar-refractivity contribution in [3.8, 4) is 0 Å². The zero-order valence-electron chi connectivity index (χ0n) is 15.6. The van der Waals surface area contributed by atoms with Gasteiger partial charge in [0.2, 0.25) is 0 Å². The number of carbonyl (C=O) groups excluding carboxylic acids is 1. The summed E-state index contributed by atoms with van der Waals surface area (Å²) in [6, 6.07) is 3.13. The van der Waals surface area contributed by atoms with Crippen molar-refractivity contribution < 1.29 is 32.6 Å². The van der Waals surface area contributed by atoms with Crippen LogP contribution >= 0.6 is 0 Å². The molecular weight excluding hydrogens is 363 g/mol. The van der Waals surface area contributed by atoms with E-state index in [1.165, 1.54) is 12.1 Å². The van der Waals surface area contributed by atoms with Crippen molar-refractivity contribution in [2.75, 3.05) is 13.1 Å². The average molecular weight is 387 g/mol. The number of alkyl halides is 3. The maximum Gasteiger partial charge on any atom is 0.416 e. The molecule has 150 valence electrons. The number of halogens is 3. The Bertz CT molecular complexity index is 702. The number of amides is 1. The summed E-state index contributed by atoms with van der Waals surface area (Å²) in [5.41, 5.74) is -1.80. The summed E-state index contributed by atoms with van der Waals surface area (Å²) in [5.74, 6) is -1.40. The Kier molecular flexibility index (Phi) is 6.07. The fraction of sp³-hybridized carbons (Fsp3) is 0.579. The van der Waals surface area contributed by atoms with E-state index >= 15 is 0 Å². The highest BCUT2D eigenvalue weighted by Crippen LogP contribution is 2.35. The van der Waals surface area contributed by atoms with Crippen LogP contribution in [0.1, 0.15) is 55.1 Å². The Balaban J connectivity index is 2.05. The summed E-state index contributed by atoms with van der Waals surface area (Å²) in [4.78, 5) is 24.6. The quantitative estimate of drug-likeness (QED) is 0.824. The van der Waals surface area contributed by atoms with E-state index in [0.29, 0.717) is 32.0 Å². The number of rotatable bonds is 3. The molecule has 0 spiro atoms. The van der Waals surface area contributed by atoms with Gasteiger partial charge in [0, 0.05) is 13.1 Å². The van der Waals surface area contributed by atoms with Crippen molar-refractivity contribution in [2.24, 2.45) is 5.92 Å². The molecule has 1 fully saturated rings. The standard InChI is InChI=1S/C19H24F3NO4/c1-18(2,3)27-17(26)23-8-6-12(7-9-23)10-13-4-5-14(16(24)25)11-15(13)19(20,21)22/h4-5,11-12H,6-10H2,1-3H3,(H,24,25). The van der Waals surface area contributed by atoms with Gasteiger partial charge in [0.15, 0.2) is 0 Å². The van der Waals surface area contributed by atoms with Crippen LogP contribution in [0, 0.1) is 5.92 Å². The third-order valence-electron chi connectivity index (χ3n) is 4.44. The molecule has 0 unspecified atom stereocenters. The van der Waals surface area contributed by atoms with Crippen molar-refractivity contribution in [3.05, 3.63) is 34.9 Å². The van der Waals surface area contributed by atoms with Crippen molar-refractivity contribution >= 4 is 12.1 Å². The first-order valence-corrected chi connectivity index (χ1v) is 8.78. The van der Waals surface area contributed by atoms with Gasteiger partial charge < -0.3 is 14.7 Å². The number of carboxylic acids is 1. The van der Waals surface area contributed by atoms with Crippen LogP contribution in [0.15, 0.2) is 18.2 Å². The molecule has 0 radical (unpaired) electrons. The molecule has 1 aromatic rings. The number of hydrogen-bond donors (Lipinski definition) is 1. The van der Waals surface area contributed by atoms with E-state index in [0.717, 1.165) is 0 Å². The molecule has 0 aliphatic carbocycles. The highest BCUT2D eigenvalue weighted by atomic mass is 19.4. The van der Waals surface area contributed by atoms with Crippen LogP contribution in [-0.4, -0.2) is 40.8 Å². The number of benzene rings is 1. The van der Waals surface area contributed by atoms with Crippen molar-refractivity contribution in [1.82, 2.24) is 4.90 Å². The van der Waals surface area contributed by atoms with Crippen LogP contribution in [0.4, 0.5) is 18.0 Å². The summed E-state index contributed by atoms with van der Waals surface area (Å²) in [7, 11) is 0. The lowest BCUT2D eigenvalue weighted by molar-refractivity contribution is -0.138. The topological polar surface area (TPSA) is 66.8 Å². The Labute approximate surface area is 156 Å². The summed E-state index contributed by atoms with van der Waals surface area (Å²) >= 11 is 0. The average Bonchev–Trinajstić information content (AvgIpc) is 2.53. The molecule has 0 saturated carbocycles. The molecule has 1 heterocycles. The minimum absolute atomic E-state index is 0.0135. The van der Waals surface area contributed by atoms with E-state index in [9.17, 15) is 22.8 Å². The molecule has 1 saturated heterocycles. The summed E-state index contributed by atoms with van der Waals surface area (Å²) in [6.45, 7) is 6.17. The van der Waals surface area contributed by atoms with E-state index in [-0.39, 0.29) is 23.5 Å². The predicted molar refractivity (Wildman–Crippen MR) is 92.6 cm³/mol. The van der Waals surface area contributed by atoms with Crippen LogP contribution < -0.4 is 0 Å². The van der Waals surface area contributed by atoms with Gasteiger partial charge in [-0.05, 0) is 63.6 Å². The molecule has 0 aromatic heterocycles. The molecule has 1 aromatic carbocycles. The normalized spacial score (nSPS) is 16.3. The smallest absolute Gasteiger partial charge is 0.416 e. The predicted octanol–water partition coefficient (Wildman–Crippen LogP) is 4.59. The van der Waals surface area contributed by atoms with E-state index in [4.69, 9.17) is 9.84 Å². The molecule has 1 aliphatic rings. The van der Waals surface area contributed by atoms with Gasteiger partial charge in [0.05, 0.1) is 11.1 Å². The van der Waals surface area contributed by atoms with E-state index in [1.807, 2.05) is 0 Å². The second kappa shape index (κ2) is 7.78. The number of carboxylic acid groups (broad SMARTS) is 1. The lowest BCUT2D eigenvalue weighted by Gasteiger charge is -2.33. The minimum atomic E-state index is -4.61. The fourth-order valence-corrected chi connectivity index (χ4v) is 3.11. The molecule has 5 nitrogen and oxygen atoms in total. The number of hydrogen-bond acceptors (Lipinski definition) is 3. The largest absolute Gasteiger partial charge is 0.478 e. The molecule has 8 heteroatoms. The van der Waals surface area contributed by atoms with Gasteiger partial charge in [-0.15, -0.1) is 0 Å². The molecule has 2 rings (SSSR count). The summed E-state index contributed by atoms with van der Waals surface area (Å²) in [5, 5.41) is 8.93. The molecule has 0 bridgehead atoms. The first kappa shape index (κ1) is 21.1. The third kappa shape index (κ3) is 5.87. The van der Waals surface area contributed by atoms with Crippen molar-refractivity contribution in [2.45, 2.75) is 51.8 Å². The Hall–Kier alpha value is -2.25. The number of aromatic carboxylic acids is 1. The highest BCUT2D eigenvalue weighted by Gasteiger charge is 2.35. The first-order chi connectivity index (χ1) is 12.4. The minimum Gasteiger partial charge on any atom is -0.478 e. The van der Waals surface area contributed by atoms with Crippen LogP contribution in [-0.2, 0) is 17.3 Å². The van der Waals surface area contributed by atoms with E-state index in [2.05, 4.69) is 0 Å². The summed E-state index contributed by atoms with van der Waals surface area (Å²) in [6.07, 6.45) is -3.70. The van der Waals surface area contributed by atoms with Crippen LogP contribution in [0.3, 0.4) is 0 Å². The Morgan fingerprint density at radius 1 is 1.19 bits per heavy atom. The maximum atomic E-state index is 13.3. The molecule has 1 N–H and O–H groups in total. The van der Waals surface area contributed by atoms with Gasteiger partial charge in [0.25, 0.3) is 0 Å². The lowest BCUT2D eigenvalue weighted by atomic mass is 9.88. The number of ether oxygens (including phenoxy) is 1. The Morgan fingerprint density at radius 2 is 1.78 bits per heavy atom. The molecule has 27 heavy (non-hydrogen) atoms. The number of likely N-dealkylation sites (tertiary alicyclic amines) is 1. The monoisotopic (exact) mass is 387 g/mol. The fourth-order valence-electron chi connectivity index (χ4n) is 3.11. The number of nitrogens with zero attached hydrogens (tertiary/aromatic N) is 1.